The first-order chi connectivity index (χ1) is 8.19. The summed E-state index contributed by atoms with van der Waals surface area (Å²) in [5, 5.41) is 9.59. The van der Waals surface area contributed by atoms with E-state index in [4.69, 9.17) is 0 Å². The molecule has 0 atom stereocenters. The summed E-state index contributed by atoms with van der Waals surface area (Å²) in [7, 11) is 1.68. The highest BCUT2D eigenvalue weighted by Crippen LogP contribution is 2.10. The van der Waals surface area contributed by atoms with Crippen LogP contribution in [0.15, 0.2) is 18.2 Å². The van der Waals surface area contributed by atoms with Crippen LogP contribution in [-0.4, -0.2) is 41.5 Å². The molecule has 0 aliphatic carbocycles. The van der Waals surface area contributed by atoms with Crippen molar-refractivity contribution in [3.05, 3.63) is 35.4 Å². The highest BCUT2D eigenvalue weighted by Gasteiger charge is 2.18. The molecule has 100 valence electrons. The second kappa shape index (κ2) is 5.54. The summed E-state index contributed by atoms with van der Waals surface area (Å²) in [5.41, 5.74) is -0.792. The molecular weight excluding hydrogens is 240 g/mol. The number of hydrogen-bond donors (Lipinski definition) is 1. The summed E-state index contributed by atoms with van der Waals surface area (Å²) in [6.07, 6.45) is 0. The Bertz CT molecular complexity index is 441. The fourth-order valence-electron chi connectivity index (χ4n) is 1.72. The van der Waals surface area contributed by atoms with Gasteiger partial charge in [0.2, 0.25) is 0 Å². The fourth-order valence-corrected chi connectivity index (χ4v) is 1.72. The van der Waals surface area contributed by atoms with E-state index in [1.54, 1.807) is 25.8 Å². The van der Waals surface area contributed by atoms with Gasteiger partial charge in [-0.15, -0.1) is 0 Å². The zero-order chi connectivity index (χ0) is 13.9. The normalized spacial score (nSPS) is 11.9. The standard InChI is InChI=1S/C13H17F2NO2/c1-13(2,18)8-16(3)7-12(17)9-4-5-10(14)11(15)6-9/h4-6,18H,7-8H2,1-3H3. The number of likely N-dealkylation sites (N-methyl/N-ethyl adjacent to an activating group) is 1. The maximum atomic E-state index is 13.0. The molecule has 1 aromatic carbocycles. The molecule has 0 bridgehead atoms. The van der Waals surface area contributed by atoms with Crippen molar-refractivity contribution in [1.82, 2.24) is 4.90 Å². The average molecular weight is 257 g/mol. The monoisotopic (exact) mass is 257 g/mol. The zero-order valence-corrected chi connectivity index (χ0v) is 10.7. The lowest BCUT2D eigenvalue weighted by molar-refractivity contribution is 0.0439. The topological polar surface area (TPSA) is 40.5 Å². The quantitative estimate of drug-likeness (QED) is 0.818. The third kappa shape index (κ3) is 4.50. The third-order valence-electron chi connectivity index (χ3n) is 2.31. The van der Waals surface area contributed by atoms with Crippen molar-refractivity contribution in [2.24, 2.45) is 0 Å². The molecule has 0 aliphatic heterocycles. The molecule has 1 N–H and O–H groups in total. The minimum absolute atomic E-state index is 0.0368. The smallest absolute Gasteiger partial charge is 0.176 e. The predicted molar refractivity (Wildman–Crippen MR) is 64.5 cm³/mol. The van der Waals surface area contributed by atoms with Crippen molar-refractivity contribution in [2.75, 3.05) is 20.1 Å². The Hall–Kier alpha value is -1.33. The molecular formula is C13H17F2NO2. The van der Waals surface area contributed by atoms with Gasteiger partial charge in [0.25, 0.3) is 0 Å². The Balaban J connectivity index is 2.68. The van der Waals surface area contributed by atoms with Gasteiger partial charge in [-0.05, 0) is 39.1 Å². The van der Waals surface area contributed by atoms with E-state index in [1.165, 1.54) is 6.07 Å². The molecule has 0 heterocycles. The number of rotatable bonds is 5. The van der Waals surface area contributed by atoms with Crippen molar-refractivity contribution in [2.45, 2.75) is 19.4 Å². The van der Waals surface area contributed by atoms with Crippen LogP contribution in [0.5, 0.6) is 0 Å². The van der Waals surface area contributed by atoms with Gasteiger partial charge in [0.1, 0.15) is 0 Å². The van der Waals surface area contributed by atoms with Crippen LogP contribution in [0.4, 0.5) is 8.78 Å². The van der Waals surface area contributed by atoms with E-state index in [2.05, 4.69) is 0 Å². The summed E-state index contributed by atoms with van der Waals surface area (Å²) < 4.78 is 25.7. The Morgan fingerprint density at radius 3 is 2.44 bits per heavy atom. The fraction of sp³-hybridized carbons (Fsp3) is 0.462. The highest BCUT2D eigenvalue weighted by atomic mass is 19.2. The Kier molecular flexibility index (Phi) is 4.53. The van der Waals surface area contributed by atoms with E-state index in [0.29, 0.717) is 6.54 Å². The first kappa shape index (κ1) is 14.7. The molecule has 1 rings (SSSR count). The first-order valence-corrected chi connectivity index (χ1v) is 5.58. The number of Topliss-reactive ketones (excluding diaryl/α,β-unsaturated/α-hetero) is 1. The predicted octanol–water partition coefficient (Wildman–Crippen LogP) is 1.85. The van der Waals surface area contributed by atoms with Gasteiger partial charge in [0.05, 0.1) is 12.1 Å². The third-order valence-corrected chi connectivity index (χ3v) is 2.31. The Labute approximate surface area is 105 Å². The Morgan fingerprint density at radius 2 is 1.94 bits per heavy atom. The molecule has 0 fully saturated rings. The van der Waals surface area contributed by atoms with E-state index in [-0.39, 0.29) is 17.9 Å². The van der Waals surface area contributed by atoms with E-state index >= 15 is 0 Å². The van der Waals surface area contributed by atoms with E-state index < -0.39 is 17.2 Å². The van der Waals surface area contributed by atoms with Crippen molar-refractivity contribution in [3.63, 3.8) is 0 Å². The van der Waals surface area contributed by atoms with Crippen molar-refractivity contribution in [1.29, 1.82) is 0 Å². The molecule has 1 aromatic rings. The lowest BCUT2D eigenvalue weighted by Gasteiger charge is -2.24. The van der Waals surface area contributed by atoms with Crippen LogP contribution >= 0.6 is 0 Å². The molecule has 0 aliphatic rings. The molecule has 0 spiro atoms. The van der Waals surface area contributed by atoms with E-state index in [9.17, 15) is 18.7 Å². The minimum Gasteiger partial charge on any atom is -0.389 e. The molecule has 0 saturated heterocycles. The van der Waals surface area contributed by atoms with E-state index in [1.807, 2.05) is 0 Å². The summed E-state index contributed by atoms with van der Waals surface area (Å²) >= 11 is 0. The van der Waals surface area contributed by atoms with Crippen LogP contribution in [0.3, 0.4) is 0 Å². The SMILES string of the molecule is CN(CC(=O)c1ccc(F)c(F)c1)CC(C)(C)O. The molecule has 0 saturated carbocycles. The van der Waals surface area contributed by atoms with Crippen LogP contribution in [-0.2, 0) is 0 Å². The lowest BCUT2D eigenvalue weighted by Crippen LogP contribution is -2.38. The van der Waals surface area contributed by atoms with Crippen molar-refractivity contribution < 1.29 is 18.7 Å². The second-order valence-electron chi connectivity index (χ2n) is 5.04. The van der Waals surface area contributed by atoms with Gasteiger partial charge < -0.3 is 5.11 Å². The van der Waals surface area contributed by atoms with Crippen LogP contribution in [0.1, 0.15) is 24.2 Å². The number of aliphatic hydroxyl groups is 1. The summed E-state index contributed by atoms with van der Waals surface area (Å²) in [6, 6.07) is 3.06. The number of ketones is 1. The van der Waals surface area contributed by atoms with Crippen LogP contribution in [0.2, 0.25) is 0 Å². The van der Waals surface area contributed by atoms with Crippen LogP contribution in [0, 0.1) is 11.6 Å². The van der Waals surface area contributed by atoms with Crippen molar-refractivity contribution >= 4 is 5.78 Å². The van der Waals surface area contributed by atoms with Crippen LogP contribution < -0.4 is 0 Å². The summed E-state index contributed by atoms with van der Waals surface area (Å²) in [5.74, 6) is -2.33. The van der Waals surface area contributed by atoms with E-state index in [0.717, 1.165) is 12.1 Å². The van der Waals surface area contributed by atoms with Gasteiger partial charge in [-0.1, -0.05) is 0 Å². The molecule has 18 heavy (non-hydrogen) atoms. The van der Waals surface area contributed by atoms with Gasteiger partial charge in [0, 0.05) is 12.1 Å². The Morgan fingerprint density at radius 1 is 1.33 bits per heavy atom. The first-order valence-electron chi connectivity index (χ1n) is 5.58. The molecule has 0 radical (unpaired) electrons. The van der Waals surface area contributed by atoms with Crippen LogP contribution in [0.25, 0.3) is 0 Å². The largest absolute Gasteiger partial charge is 0.389 e. The number of benzene rings is 1. The number of hydrogen-bond acceptors (Lipinski definition) is 3. The average Bonchev–Trinajstić information content (AvgIpc) is 2.18. The zero-order valence-electron chi connectivity index (χ0n) is 10.7. The van der Waals surface area contributed by atoms with Gasteiger partial charge in [0.15, 0.2) is 17.4 Å². The summed E-state index contributed by atoms with van der Waals surface area (Å²) in [6.45, 7) is 3.61. The number of carbonyl (C=O) groups excluding carboxylic acids is 1. The number of nitrogens with zero attached hydrogens (tertiary/aromatic N) is 1. The number of carbonyl (C=O) groups is 1. The number of halogens is 2. The summed E-state index contributed by atoms with van der Waals surface area (Å²) in [4.78, 5) is 13.4. The lowest BCUT2D eigenvalue weighted by atomic mass is 10.1. The van der Waals surface area contributed by atoms with Crippen molar-refractivity contribution in [3.8, 4) is 0 Å². The van der Waals surface area contributed by atoms with Gasteiger partial charge in [-0.3, -0.25) is 9.69 Å². The maximum Gasteiger partial charge on any atom is 0.176 e. The van der Waals surface area contributed by atoms with Gasteiger partial charge in [-0.25, -0.2) is 8.78 Å². The maximum absolute atomic E-state index is 13.0. The molecule has 3 nitrogen and oxygen atoms in total. The molecule has 0 aromatic heterocycles. The molecule has 0 unspecified atom stereocenters. The highest BCUT2D eigenvalue weighted by molar-refractivity contribution is 5.97. The molecule has 5 heteroatoms. The second-order valence-corrected chi connectivity index (χ2v) is 5.04. The minimum atomic E-state index is -1.04. The van der Waals surface area contributed by atoms with Gasteiger partial charge in [-0.2, -0.15) is 0 Å². The molecule has 0 amide bonds. The van der Waals surface area contributed by atoms with Gasteiger partial charge >= 0.3 is 0 Å².